The number of nitrogen functional groups attached to an aromatic ring is 1. The lowest BCUT2D eigenvalue weighted by Gasteiger charge is -1.97. The summed E-state index contributed by atoms with van der Waals surface area (Å²) >= 11 is 0. The first-order valence-electron chi connectivity index (χ1n) is 5.74. The topological polar surface area (TPSA) is 95.7 Å². The van der Waals surface area contributed by atoms with Crippen LogP contribution >= 0.6 is 0 Å². The number of nitrogens with two attached hydrogens (primary N) is 1. The van der Waals surface area contributed by atoms with Crippen LogP contribution in [0.25, 0.3) is 11.4 Å². The van der Waals surface area contributed by atoms with Gasteiger partial charge in [0, 0.05) is 24.2 Å². The molecule has 0 aliphatic carbocycles. The van der Waals surface area contributed by atoms with E-state index >= 15 is 0 Å². The predicted octanol–water partition coefficient (Wildman–Crippen LogP) is 1.27. The fourth-order valence-electron chi connectivity index (χ4n) is 1.73. The molecule has 0 amide bonds. The molecule has 0 bridgehead atoms. The summed E-state index contributed by atoms with van der Waals surface area (Å²) in [5.41, 5.74) is 8.10. The normalized spacial score (nSPS) is 10.8. The molecule has 3 rings (SSSR count). The van der Waals surface area contributed by atoms with Crippen LogP contribution in [0.15, 0.2) is 35.4 Å². The van der Waals surface area contributed by atoms with Gasteiger partial charge >= 0.3 is 0 Å². The number of pyridine rings is 1. The molecule has 0 saturated carbocycles. The Hall–Kier alpha value is -2.70. The average molecular weight is 256 g/mol. The van der Waals surface area contributed by atoms with Gasteiger partial charge in [0.15, 0.2) is 0 Å². The molecule has 0 aliphatic heterocycles. The van der Waals surface area contributed by atoms with Gasteiger partial charge in [0.25, 0.3) is 0 Å². The molecular weight excluding hydrogens is 244 g/mol. The molecule has 19 heavy (non-hydrogen) atoms. The summed E-state index contributed by atoms with van der Waals surface area (Å²) in [6.07, 6.45) is 6.73. The quantitative estimate of drug-likeness (QED) is 0.758. The first-order chi connectivity index (χ1) is 9.22. The van der Waals surface area contributed by atoms with Crippen molar-refractivity contribution in [1.82, 2.24) is 24.9 Å². The molecule has 7 heteroatoms. The Morgan fingerprint density at radius 3 is 3.00 bits per heavy atom. The van der Waals surface area contributed by atoms with Gasteiger partial charge in [-0.3, -0.25) is 9.67 Å². The fourth-order valence-corrected chi connectivity index (χ4v) is 1.73. The van der Waals surface area contributed by atoms with Gasteiger partial charge in [0.1, 0.15) is 6.54 Å². The Morgan fingerprint density at radius 2 is 2.26 bits per heavy atom. The van der Waals surface area contributed by atoms with Crippen LogP contribution in [0.2, 0.25) is 0 Å². The van der Waals surface area contributed by atoms with Crippen molar-refractivity contribution in [3.8, 4) is 11.4 Å². The zero-order chi connectivity index (χ0) is 13.2. The van der Waals surface area contributed by atoms with Crippen LogP contribution in [0.1, 0.15) is 11.5 Å². The molecule has 3 aromatic rings. The van der Waals surface area contributed by atoms with Gasteiger partial charge < -0.3 is 10.3 Å². The van der Waals surface area contributed by atoms with Crippen molar-refractivity contribution in [3.05, 3.63) is 42.3 Å². The second kappa shape index (κ2) is 4.52. The third-order valence-electron chi connectivity index (χ3n) is 2.70. The smallest absolute Gasteiger partial charge is 0.248 e. The summed E-state index contributed by atoms with van der Waals surface area (Å²) in [7, 11) is 0. The van der Waals surface area contributed by atoms with Crippen LogP contribution in [0.3, 0.4) is 0 Å². The van der Waals surface area contributed by atoms with Gasteiger partial charge in [-0.2, -0.15) is 10.1 Å². The molecule has 0 spiro atoms. The number of nitrogens with zero attached hydrogens (tertiary/aromatic N) is 5. The molecule has 0 aromatic carbocycles. The summed E-state index contributed by atoms with van der Waals surface area (Å²) in [6, 6.07) is 1.90. The number of hydrogen-bond acceptors (Lipinski definition) is 6. The van der Waals surface area contributed by atoms with Crippen molar-refractivity contribution in [2.75, 3.05) is 5.73 Å². The first-order valence-corrected chi connectivity index (χ1v) is 5.74. The summed E-state index contributed by atoms with van der Waals surface area (Å²) in [5.74, 6) is 1.00. The van der Waals surface area contributed by atoms with E-state index in [9.17, 15) is 0 Å². The van der Waals surface area contributed by atoms with E-state index in [1.54, 1.807) is 29.5 Å². The zero-order valence-corrected chi connectivity index (χ0v) is 10.3. The molecule has 3 heterocycles. The van der Waals surface area contributed by atoms with E-state index in [1.807, 2.05) is 13.0 Å². The second-order valence-electron chi connectivity index (χ2n) is 4.17. The molecule has 0 fully saturated rings. The van der Waals surface area contributed by atoms with Gasteiger partial charge in [0.2, 0.25) is 11.7 Å². The van der Waals surface area contributed by atoms with Gasteiger partial charge in [-0.15, -0.1) is 0 Å². The van der Waals surface area contributed by atoms with E-state index in [4.69, 9.17) is 10.3 Å². The SMILES string of the molecule is Cc1ccncc1-c1noc(Cn2cc(N)cn2)n1. The molecule has 0 aliphatic rings. The Labute approximate surface area is 109 Å². The zero-order valence-electron chi connectivity index (χ0n) is 10.3. The fraction of sp³-hybridized carbons (Fsp3) is 0.167. The number of anilines is 1. The van der Waals surface area contributed by atoms with Gasteiger partial charge in [-0.05, 0) is 18.6 Å². The minimum atomic E-state index is 0.392. The predicted molar refractivity (Wildman–Crippen MR) is 68.0 cm³/mol. The van der Waals surface area contributed by atoms with Crippen LogP contribution in [-0.4, -0.2) is 24.9 Å². The summed E-state index contributed by atoms with van der Waals surface area (Å²) < 4.78 is 6.84. The van der Waals surface area contributed by atoms with E-state index in [-0.39, 0.29) is 0 Å². The molecular formula is C12H12N6O. The maximum absolute atomic E-state index is 5.59. The van der Waals surface area contributed by atoms with Crippen molar-refractivity contribution in [2.24, 2.45) is 0 Å². The standard InChI is InChI=1S/C12H12N6O/c1-8-2-3-14-5-10(8)12-16-11(19-17-12)7-18-6-9(13)4-15-18/h2-6H,7,13H2,1H3. The van der Waals surface area contributed by atoms with Crippen LogP contribution in [0.5, 0.6) is 0 Å². The molecule has 7 nitrogen and oxygen atoms in total. The molecule has 96 valence electrons. The Balaban J connectivity index is 1.86. The average Bonchev–Trinajstić information content (AvgIpc) is 3.00. The number of aromatic nitrogens is 5. The Morgan fingerprint density at radius 1 is 1.37 bits per heavy atom. The third-order valence-corrected chi connectivity index (χ3v) is 2.70. The van der Waals surface area contributed by atoms with Crippen LogP contribution in [0, 0.1) is 6.92 Å². The van der Waals surface area contributed by atoms with Crippen molar-refractivity contribution in [3.63, 3.8) is 0 Å². The summed E-state index contributed by atoms with van der Waals surface area (Å²) in [6.45, 7) is 2.37. The van der Waals surface area contributed by atoms with E-state index in [0.717, 1.165) is 11.1 Å². The third kappa shape index (κ3) is 2.30. The van der Waals surface area contributed by atoms with Crippen LogP contribution in [0.4, 0.5) is 5.69 Å². The highest BCUT2D eigenvalue weighted by molar-refractivity contribution is 5.57. The van der Waals surface area contributed by atoms with Crippen molar-refractivity contribution >= 4 is 5.69 Å². The highest BCUT2D eigenvalue weighted by Crippen LogP contribution is 2.18. The van der Waals surface area contributed by atoms with Gasteiger partial charge in [-0.1, -0.05) is 5.16 Å². The molecule has 0 saturated heterocycles. The lowest BCUT2D eigenvalue weighted by atomic mass is 10.1. The minimum Gasteiger partial charge on any atom is -0.396 e. The van der Waals surface area contributed by atoms with Crippen molar-refractivity contribution in [1.29, 1.82) is 0 Å². The molecule has 2 N–H and O–H groups in total. The maximum atomic E-state index is 5.59. The first kappa shape index (κ1) is 11.4. The van der Waals surface area contributed by atoms with E-state index in [2.05, 4.69) is 20.2 Å². The maximum Gasteiger partial charge on any atom is 0.248 e. The van der Waals surface area contributed by atoms with E-state index < -0.39 is 0 Å². The monoisotopic (exact) mass is 256 g/mol. The van der Waals surface area contributed by atoms with Gasteiger partial charge in [0.05, 0.1) is 11.9 Å². The summed E-state index contributed by atoms with van der Waals surface area (Å²) in [5, 5.41) is 8.01. The van der Waals surface area contributed by atoms with Crippen LogP contribution in [-0.2, 0) is 6.54 Å². The van der Waals surface area contributed by atoms with Crippen LogP contribution < -0.4 is 5.73 Å². The second-order valence-corrected chi connectivity index (χ2v) is 4.17. The molecule has 0 radical (unpaired) electrons. The number of rotatable bonds is 3. The lowest BCUT2D eigenvalue weighted by Crippen LogP contribution is -2.00. The number of hydrogen-bond donors (Lipinski definition) is 1. The summed E-state index contributed by atoms with van der Waals surface area (Å²) in [4.78, 5) is 8.39. The Bertz CT molecular complexity index is 702. The van der Waals surface area contributed by atoms with Crippen molar-refractivity contribution in [2.45, 2.75) is 13.5 Å². The van der Waals surface area contributed by atoms with Gasteiger partial charge in [-0.25, -0.2) is 0 Å². The molecule has 0 atom stereocenters. The van der Waals surface area contributed by atoms with Crippen molar-refractivity contribution < 1.29 is 4.52 Å². The molecule has 3 aromatic heterocycles. The molecule has 0 unspecified atom stereocenters. The Kier molecular flexibility index (Phi) is 2.71. The minimum absolute atomic E-state index is 0.392. The van der Waals surface area contributed by atoms with E-state index in [1.165, 1.54) is 0 Å². The lowest BCUT2D eigenvalue weighted by molar-refractivity contribution is 0.366. The number of aryl methyl sites for hydroxylation is 1. The largest absolute Gasteiger partial charge is 0.396 e. The van der Waals surface area contributed by atoms with E-state index in [0.29, 0.717) is 23.9 Å². The highest BCUT2D eigenvalue weighted by Gasteiger charge is 2.11. The highest BCUT2D eigenvalue weighted by atomic mass is 16.5.